The van der Waals surface area contributed by atoms with Gasteiger partial charge in [0.05, 0.1) is 11.0 Å². The number of benzene rings is 1. The number of amides is 2. The van der Waals surface area contributed by atoms with Gasteiger partial charge in [-0.1, -0.05) is 0 Å². The molecular formula is C22H31N5O6. The van der Waals surface area contributed by atoms with Gasteiger partial charge in [-0.05, 0) is 45.4 Å². The SMILES string of the molecule is Cn1c(=O)n(C(CCC(N)=O)C(=O)O)c2ccc(N3CCN(C(=O)OC(C)(C)C)CC3)cc21. The van der Waals surface area contributed by atoms with E-state index in [1.165, 1.54) is 9.13 Å². The fourth-order valence-electron chi connectivity index (χ4n) is 3.97. The van der Waals surface area contributed by atoms with Crippen LogP contribution in [0.1, 0.15) is 39.7 Å². The summed E-state index contributed by atoms with van der Waals surface area (Å²) in [6.07, 6.45) is -0.550. The van der Waals surface area contributed by atoms with Gasteiger partial charge >= 0.3 is 17.8 Å². The summed E-state index contributed by atoms with van der Waals surface area (Å²) in [7, 11) is 1.58. The molecule has 1 unspecified atom stereocenters. The minimum absolute atomic E-state index is 0.0714. The molecule has 1 saturated heterocycles. The lowest BCUT2D eigenvalue weighted by molar-refractivity contribution is -0.141. The third-order valence-corrected chi connectivity index (χ3v) is 5.63. The minimum atomic E-state index is -1.20. The molecule has 2 amide bonds. The van der Waals surface area contributed by atoms with Gasteiger partial charge in [0.2, 0.25) is 5.91 Å². The Hall–Kier alpha value is -3.50. The first kappa shape index (κ1) is 24.1. The highest BCUT2D eigenvalue weighted by molar-refractivity contribution is 5.84. The number of hydrogen-bond acceptors (Lipinski definition) is 6. The van der Waals surface area contributed by atoms with Gasteiger partial charge in [-0.25, -0.2) is 14.4 Å². The Labute approximate surface area is 191 Å². The maximum Gasteiger partial charge on any atom is 0.410 e. The third-order valence-electron chi connectivity index (χ3n) is 5.63. The number of ether oxygens (including phenoxy) is 1. The zero-order valence-corrected chi connectivity index (χ0v) is 19.4. The molecule has 1 aromatic heterocycles. The number of nitrogens with two attached hydrogens (primary N) is 1. The lowest BCUT2D eigenvalue weighted by Crippen LogP contribution is -2.50. The van der Waals surface area contributed by atoms with Crippen molar-refractivity contribution in [2.45, 2.75) is 45.3 Å². The number of aromatic nitrogens is 2. The first-order chi connectivity index (χ1) is 15.4. The Bertz CT molecular complexity index is 1120. The quantitative estimate of drug-likeness (QED) is 0.660. The molecule has 1 aliphatic rings. The standard InChI is InChI=1S/C22H31N5O6/c1-22(2,3)33-21(32)26-11-9-25(10-12-26)14-5-6-15-17(13-14)24(4)20(31)27(15)16(19(29)30)7-8-18(23)28/h5-6,13,16H,7-12H2,1-4H3,(H2,23,28)(H,29,30). The molecule has 2 heterocycles. The predicted octanol–water partition coefficient (Wildman–Crippen LogP) is 1.29. The van der Waals surface area contributed by atoms with Crippen molar-refractivity contribution < 1.29 is 24.2 Å². The molecule has 0 radical (unpaired) electrons. The Balaban J connectivity index is 1.83. The Morgan fingerprint density at radius 2 is 1.76 bits per heavy atom. The average molecular weight is 462 g/mol. The molecule has 1 aromatic carbocycles. The van der Waals surface area contributed by atoms with Crippen LogP contribution in [0.5, 0.6) is 0 Å². The number of hydrogen-bond donors (Lipinski definition) is 2. The number of carbonyl (C=O) groups is 3. The van der Waals surface area contributed by atoms with Crippen LogP contribution in [0.3, 0.4) is 0 Å². The van der Waals surface area contributed by atoms with Crippen molar-refractivity contribution in [3.8, 4) is 0 Å². The average Bonchev–Trinajstić information content (AvgIpc) is 2.97. The Kier molecular flexibility index (Phi) is 6.71. The van der Waals surface area contributed by atoms with Gasteiger partial charge in [0.25, 0.3) is 0 Å². The number of carboxylic acids is 1. The molecular weight excluding hydrogens is 430 g/mol. The van der Waals surface area contributed by atoms with E-state index in [0.29, 0.717) is 37.2 Å². The first-order valence-electron chi connectivity index (χ1n) is 10.8. The molecule has 11 heteroatoms. The van der Waals surface area contributed by atoms with Crippen LogP contribution in [0.2, 0.25) is 0 Å². The summed E-state index contributed by atoms with van der Waals surface area (Å²) >= 11 is 0. The van der Waals surface area contributed by atoms with Crippen LogP contribution in [-0.2, 0) is 21.4 Å². The maximum absolute atomic E-state index is 12.9. The van der Waals surface area contributed by atoms with Crippen LogP contribution < -0.4 is 16.3 Å². The second-order valence-electron chi connectivity index (χ2n) is 9.20. The number of nitrogens with zero attached hydrogens (tertiary/aromatic N) is 4. The first-order valence-corrected chi connectivity index (χ1v) is 10.8. The van der Waals surface area contributed by atoms with E-state index in [0.717, 1.165) is 5.69 Å². The fraction of sp³-hybridized carbons (Fsp3) is 0.545. The van der Waals surface area contributed by atoms with Crippen LogP contribution in [0.25, 0.3) is 11.0 Å². The number of carboxylic acid groups (broad SMARTS) is 1. The molecule has 0 aliphatic carbocycles. The van der Waals surface area contributed by atoms with Crippen molar-refractivity contribution in [3.05, 3.63) is 28.7 Å². The van der Waals surface area contributed by atoms with Crippen molar-refractivity contribution in [2.75, 3.05) is 31.1 Å². The van der Waals surface area contributed by atoms with Crippen LogP contribution in [0.15, 0.2) is 23.0 Å². The van der Waals surface area contributed by atoms with Crippen molar-refractivity contribution in [1.82, 2.24) is 14.0 Å². The van der Waals surface area contributed by atoms with Crippen molar-refractivity contribution >= 4 is 34.7 Å². The second kappa shape index (κ2) is 9.16. The number of imidazole rings is 1. The molecule has 2 aromatic rings. The second-order valence-corrected chi connectivity index (χ2v) is 9.20. The fourth-order valence-corrected chi connectivity index (χ4v) is 3.97. The number of aliphatic carboxylic acids is 1. The molecule has 0 spiro atoms. The highest BCUT2D eigenvalue weighted by atomic mass is 16.6. The highest BCUT2D eigenvalue weighted by Crippen LogP contribution is 2.26. The van der Waals surface area contributed by atoms with E-state index in [2.05, 4.69) is 4.90 Å². The largest absolute Gasteiger partial charge is 0.480 e. The minimum Gasteiger partial charge on any atom is -0.480 e. The summed E-state index contributed by atoms with van der Waals surface area (Å²) in [5.41, 5.74) is 6.06. The van der Waals surface area contributed by atoms with E-state index in [1.807, 2.05) is 32.9 Å². The van der Waals surface area contributed by atoms with E-state index in [9.17, 15) is 24.3 Å². The van der Waals surface area contributed by atoms with Crippen molar-refractivity contribution in [1.29, 1.82) is 0 Å². The Morgan fingerprint density at radius 3 is 2.30 bits per heavy atom. The predicted molar refractivity (Wildman–Crippen MR) is 122 cm³/mol. The maximum atomic E-state index is 12.9. The topological polar surface area (TPSA) is 140 Å². The lowest BCUT2D eigenvalue weighted by Gasteiger charge is -2.36. The highest BCUT2D eigenvalue weighted by Gasteiger charge is 2.28. The van der Waals surface area contributed by atoms with Gasteiger partial charge < -0.3 is 25.4 Å². The summed E-state index contributed by atoms with van der Waals surface area (Å²) in [5.74, 6) is -1.82. The number of carbonyl (C=O) groups excluding carboxylic acids is 2. The van der Waals surface area contributed by atoms with E-state index in [1.54, 1.807) is 18.0 Å². The molecule has 1 fully saturated rings. The number of piperazine rings is 1. The number of anilines is 1. The van der Waals surface area contributed by atoms with Gasteiger partial charge in [0, 0.05) is 45.3 Å². The van der Waals surface area contributed by atoms with E-state index < -0.39 is 29.2 Å². The monoisotopic (exact) mass is 461 g/mol. The molecule has 180 valence electrons. The molecule has 33 heavy (non-hydrogen) atoms. The molecule has 1 aliphatic heterocycles. The van der Waals surface area contributed by atoms with Gasteiger partial charge in [-0.3, -0.25) is 13.9 Å². The third kappa shape index (κ3) is 5.29. The van der Waals surface area contributed by atoms with Gasteiger partial charge in [0.15, 0.2) is 0 Å². The van der Waals surface area contributed by atoms with Crippen LogP contribution >= 0.6 is 0 Å². The molecule has 11 nitrogen and oxygen atoms in total. The van der Waals surface area contributed by atoms with E-state index >= 15 is 0 Å². The summed E-state index contributed by atoms with van der Waals surface area (Å²) in [4.78, 5) is 51.9. The normalized spacial score (nSPS) is 15.5. The summed E-state index contributed by atoms with van der Waals surface area (Å²) < 4.78 is 8.03. The zero-order chi connectivity index (χ0) is 24.5. The van der Waals surface area contributed by atoms with Crippen LogP contribution in [0.4, 0.5) is 10.5 Å². The van der Waals surface area contributed by atoms with Gasteiger partial charge in [0.1, 0.15) is 11.6 Å². The van der Waals surface area contributed by atoms with Crippen LogP contribution in [-0.4, -0.2) is 68.9 Å². The lowest BCUT2D eigenvalue weighted by atomic mass is 10.1. The Morgan fingerprint density at radius 1 is 1.12 bits per heavy atom. The molecule has 1 atom stereocenters. The van der Waals surface area contributed by atoms with E-state index in [4.69, 9.17) is 10.5 Å². The van der Waals surface area contributed by atoms with Gasteiger partial charge in [-0.2, -0.15) is 0 Å². The summed E-state index contributed by atoms with van der Waals surface area (Å²) in [6.45, 7) is 7.68. The number of fused-ring (bicyclic) bond motifs is 1. The molecule has 0 bridgehead atoms. The molecule has 3 rings (SSSR count). The molecule has 3 N–H and O–H groups in total. The summed E-state index contributed by atoms with van der Waals surface area (Å²) in [5, 5.41) is 9.66. The number of rotatable bonds is 6. The number of primary amides is 1. The molecule has 0 saturated carbocycles. The van der Waals surface area contributed by atoms with E-state index in [-0.39, 0.29) is 18.9 Å². The van der Waals surface area contributed by atoms with Crippen molar-refractivity contribution in [2.24, 2.45) is 12.8 Å². The van der Waals surface area contributed by atoms with Crippen molar-refractivity contribution in [3.63, 3.8) is 0 Å². The number of aryl methyl sites for hydroxylation is 1. The van der Waals surface area contributed by atoms with Crippen LogP contribution in [0, 0.1) is 0 Å². The van der Waals surface area contributed by atoms with Gasteiger partial charge in [-0.15, -0.1) is 0 Å². The zero-order valence-electron chi connectivity index (χ0n) is 19.4. The smallest absolute Gasteiger partial charge is 0.410 e. The summed E-state index contributed by atoms with van der Waals surface area (Å²) in [6, 6.07) is 4.18.